The smallest absolute Gasteiger partial charge is 0.270 e. The molecule has 0 radical (unpaired) electrons. The van der Waals surface area contributed by atoms with Gasteiger partial charge in [-0.1, -0.05) is 24.0 Å². The van der Waals surface area contributed by atoms with Gasteiger partial charge in [-0.25, -0.2) is 4.39 Å². The summed E-state index contributed by atoms with van der Waals surface area (Å²) < 4.78 is 18.7. The van der Waals surface area contributed by atoms with E-state index in [1.54, 1.807) is 18.4 Å². The van der Waals surface area contributed by atoms with Crippen molar-refractivity contribution in [2.45, 2.75) is 6.92 Å². The number of anilines is 1. The van der Waals surface area contributed by atoms with Crippen molar-refractivity contribution in [3.8, 4) is 0 Å². The highest BCUT2D eigenvalue weighted by atomic mass is 32.2. The maximum Gasteiger partial charge on any atom is 0.270 e. The molecule has 0 saturated carbocycles. The first-order chi connectivity index (χ1) is 11.0. The van der Waals surface area contributed by atoms with E-state index < -0.39 is 0 Å². The summed E-state index contributed by atoms with van der Waals surface area (Å²) in [6.07, 6.45) is 5.20. The number of hydrogen-bond acceptors (Lipinski definition) is 4. The number of amides is 1. The van der Waals surface area contributed by atoms with E-state index in [4.69, 9.17) is 16.6 Å². The van der Waals surface area contributed by atoms with Crippen LogP contribution in [0.15, 0.2) is 63.6 Å². The fourth-order valence-electron chi connectivity index (χ4n) is 2.13. The lowest BCUT2D eigenvalue weighted by molar-refractivity contribution is -0.113. The molecule has 0 N–H and O–H groups in total. The van der Waals surface area contributed by atoms with Crippen molar-refractivity contribution in [1.29, 1.82) is 0 Å². The van der Waals surface area contributed by atoms with Crippen molar-refractivity contribution in [1.82, 2.24) is 0 Å². The van der Waals surface area contributed by atoms with Gasteiger partial charge in [-0.05, 0) is 61.0 Å². The average molecular weight is 345 g/mol. The lowest BCUT2D eigenvalue weighted by atomic mass is 10.2. The summed E-state index contributed by atoms with van der Waals surface area (Å²) in [6, 6.07) is 9.32. The Bertz CT molecular complexity index is 808. The number of carbonyl (C=O) groups excluding carboxylic acids is 1. The van der Waals surface area contributed by atoms with E-state index in [1.165, 1.54) is 40.9 Å². The molecule has 0 spiro atoms. The van der Waals surface area contributed by atoms with E-state index in [2.05, 4.69) is 0 Å². The highest BCUT2D eigenvalue weighted by Gasteiger charge is 2.33. The summed E-state index contributed by atoms with van der Waals surface area (Å²) in [5.74, 6) is 0.151. The molecule has 0 bridgehead atoms. The lowest BCUT2D eigenvalue weighted by Crippen LogP contribution is -2.27. The highest BCUT2D eigenvalue weighted by Crippen LogP contribution is 2.35. The number of thiocarbonyl (C=S) groups is 1. The maximum absolute atomic E-state index is 13.0. The third kappa shape index (κ3) is 3.43. The van der Waals surface area contributed by atoms with Gasteiger partial charge in [-0.15, -0.1) is 0 Å². The molecule has 6 heteroatoms. The fourth-order valence-corrected chi connectivity index (χ4v) is 3.48. The molecular weight excluding hydrogens is 333 g/mol. The van der Waals surface area contributed by atoms with Crippen LogP contribution in [0, 0.1) is 5.82 Å². The van der Waals surface area contributed by atoms with Gasteiger partial charge < -0.3 is 4.42 Å². The number of rotatable bonds is 3. The summed E-state index contributed by atoms with van der Waals surface area (Å²) in [5.41, 5.74) is 1.43. The van der Waals surface area contributed by atoms with E-state index in [0.717, 1.165) is 5.57 Å². The van der Waals surface area contributed by atoms with E-state index in [9.17, 15) is 9.18 Å². The molecule has 1 aliphatic heterocycles. The van der Waals surface area contributed by atoms with Gasteiger partial charge in [0.15, 0.2) is 4.32 Å². The van der Waals surface area contributed by atoms with Crippen LogP contribution in [-0.2, 0) is 4.79 Å². The summed E-state index contributed by atoms with van der Waals surface area (Å²) in [4.78, 5) is 14.5. The van der Waals surface area contributed by atoms with Gasteiger partial charge in [-0.2, -0.15) is 0 Å². The molecule has 1 amide bonds. The van der Waals surface area contributed by atoms with Crippen molar-refractivity contribution in [3.05, 3.63) is 70.8 Å². The van der Waals surface area contributed by atoms with Crippen LogP contribution >= 0.6 is 24.0 Å². The van der Waals surface area contributed by atoms with Gasteiger partial charge in [0.05, 0.1) is 16.9 Å². The zero-order valence-corrected chi connectivity index (χ0v) is 13.8. The lowest BCUT2D eigenvalue weighted by Gasteiger charge is -2.14. The van der Waals surface area contributed by atoms with Crippen LogP contribution in [0.4, 0.5) is 10.1 Å². The van der Waals surface area contributed by atoms with Crippen LogP contribution in [0.5, 0.6) is 0 Å². The molecule has 1 aromatic carbocycles. The van der Waals surface area contributed by atoms with E-state index >= 15 is 0 Å². The summed E-state index contributed by atoms with van der Waals surface area (Å²) in [5, 5.41) is 0. The molecule has 0 aliphatic carbocycles. The molecular formula is C17H12FNO2S2. The monoisotopic (exact) mass is 345 g/mol. The minimum absolute atomic E-state index is 0.209. The third-order valence-electron chi connectivity index (χ3n) is 3.15. The molecule has 116 valence electrons. The zero-order chi connectivity index (χ0) is 16.4. The van der Waals surface area contributed by atoms with Crippen molar-refractivity contribution < 1.29 is 13.6 Å². The predicted molar refractivity (Wildman–Crippen MR) is 94.5 cm³/mol. The van der Waals surface area contributed by atoms with Gasteiger partial charge >= 0.3 is 0 Å². The van der Waals surface area contributed by atoms with Crippen LogP contribution in [0.25, 0.3) is 6.08 Å². The number of carbonyl (C=O) groups is 1. The normalized spacial score (nSPS) is 17.4. The number of hydrogen-bond donors (Lipinski definition) is 0. The van der Waals surface area contributed by atoms with E-state index in [0.29, 0.717) is 20.7 Å². The standard InChI is InChI=1S/C17H12FNO2S2/c1-11(9-14-3-2-8-21-14)10-15-16(20)19(17(22)23-15)13-6-4-12(18)5-7-13/h2-10H,1H3/b11-9+,15-10+. The molecule has 0 atom stereocenters. The molecule has 2 aromatic rings. The van der Waals surface area contributed by atoms with Gasteiger partial charge in [0.25, 0.3) is 5.91 Å². The Labute approximate surface area is 142 Å². The van der Waals surface area contributed by atoms with Gasteiger partial charge in [-0.3, -0.25) is 9.69 Å². The second kappa shape index (κ2) is 6.52. The summed E-state index contributed by atoms with van der Waals surface area (Å²) in [6.45, 7) is 1.88. The van der Waals surface area contributed by atoms with Gasteiger partial charge in [0.2, 0.25) is 0 Å². The number of thioether (sulfide) groups is 1. The third-order valence-corrected chi connectivity index (χ3v) is 4.45. The quantitative estimate of drug-likeness (QED) is 0.593. The van der Waals surface area contributed by atoms with Crippen LogP contribution < -0.4 is 4.90 Å². The van der Waals surface area contributed by atoms with Crippen molar-refractivity contribution in [2.24, 2.45) is 0 Å². The average Bonchev–Trinajstić information content (AvgIpc) is 3.10. The van der Waals surface area contributed by atoms with Crippen LogP contribution in [0.1, 0.15) is 12.7 Å². The molecule has 3 rings (SSSR count). The number of benzene rings is 1. The Balaban J connectivity index is 1.86. The Morgan fingerprint density at radius 3 is 2.70 bits per heavy atom. The highest BCUT2D eigenvalue weighted by molar-refractivity contribution is 8.27. The molecule has 1 saturated heterocycles. The maximum atomic E-state index is 13.0. The van der Waals surface area contributed by atoms with Crippen molar-refractivity contribution in [3.63, 3.8) is 0 Å². The SMILES string of the molecule is CC(=C\c1ccco1)/C=C1/SC(=S)N(c2ccc(F)cc2)C1=O. The number of halogens is 1. The minimum atomic E-state index is -0.355. The second-order valence-corrected chi connectivity index (χ2v) is 6.57. The van der Waals surface area contributed by atoms with Crippen LogP contribution in [0.3, 0.4) is 0 Å². The molecule has 0 unspecified atom stereocenters. The van der Waals surface area contributed by atoms with E-state index in [-0.39, 0.29) is 11.7 Å². The molecule has 23 heavy (non-hydrogen) atoms. The first-order valence-corrected chi connectivity index (χ1v) is 8.02. The topological polar surface area (TPSA) is 33.5 Å². The predicted octanol–water partition coefficient (Wildman–Crippen LogP) is 4.77. The molecule has 1 aliphatic rings. The molecule has 2 heterocycles. The molecule has 1 fully saturated rings. The number of allylic oxidation sites excluding steroid dienone is 2. The van der Waals surface area contributed by atoms with Crippen molar-refractivity contribution in [2.75, 3.05) is 4.90 Å². The Morgan fingerprint density at radius 1 is 1.30 bits per heavy atom. The first kappa shape index (κ1) is 15.7. The summed E-state index contributed by atoms with van der Waals surface area (Å²) >= 11 is 6.50. The Morgan fingerprint density at radius 2 is 2.04 bits per heavy atom. The number of nitrogens with zero attached hydrogens (tertiary/aromatic N) is 1. The summed E-state index contributed by atoms with van der Waals surface area (Å²) in [7, 11) is 0. The Hall–Kier alpha value is -2.18. The zero-order valence-electron chi connectivity index (χ0n) is 12.2. The van der Waals surface area contributed by atoms with Crippen LogP contribution in [0.2, 0.25) is 0 Å². The minimum Gasteiger partial charge on any atom is -0.465 e. The van der Waals surface area contributed by atoms with Gasteiger partial charge in [0, 0.05) is 0 Å². The van der Waals surface area contributed by atoms with E-state index in [1.807, 2.05) is 19.1 Å². The molecule has 1 aromatic heterocycles. The number of furan rings is 1. The first-order valence-electron chi connectivity index (χ1n) is 6.80. The largest absolute Gasteiger partial charge is 0.465 e. The fraction of sp³-hybridized carbons (Fsp3) is 0.0588. The second-order valence-electron chi connectivity index (χ2n) is 4.90. The van der Waals surface area contributed by atoms with Gasteiger partial charge in [0.1, 0.15) is 11.6 Å². The Kier molecular flexibility index (Phi) is 4.45. The van der Waals surface area contributed by atoms with Crippen molar-refractivity contribution >= 4 is 46.0 Å². The van der Waals surface area contributed by atoms with Crippen LogP contribution in [-0.4, -0.2) is 10.2 Å². The molecule has 3 nitrogen and oxygen atoms in total.